The van der Waals surface area contributed by atoms with Crippen LogP contribution in [-0.4, -0.2) is 25.2 Å². The maximum atomic E-state index is 11.7. The van der Waals surface area contributed by atoms with Gasteiger partial charge in [-0.15, -0.1) is 0 Å². The summed E-state index contributed by atoms with van der Waals surface area (Å²) < 4.78 is 9.62. The molecule has 0 spiro atoms. The molecule has 0 heterocycles. The first-order chi connectivity index (χ1) is 10.1. The third-order valence-electron chi connectivity index (χ3n) is 2.37. The zero-order chi connectivity index (χ0) is 15.7. The Kier molecular flexibility index (Phi) is 6.48. The number of ether oxygens (including phenoxy) is 2. The fourth-order valence-corrected chi connectivity index (χ4v) is 1.41. The van der Waals surface area contributed by atoms with Crippen LogP contribution in [0.1, 0.15) is 13.8 Å². The van der Waals surface area contributed by atoms with Crippen LogP contribution in [0.2, 0.25) is 0 Å². The molecule has 0 saturated heterocycles. The molecule has 0 bridgehead atoms. The van der Waals surface area contributed by atoms with E-state index in [2.05, 4.69) is 10.2 Å². The fourth-order valence-electron chi connectivity index (χ4n) is 1.41. The highest BCUT2D eigenvalue weighted by atomic mass is 16.6. The number of carbonyl (C=O) groups is 2. The van der Waals surface area contributed by atoms with Crippen LogP contribution in [-0.2, 0) is 19.1 Å². The van der Waals surface area contributed by atoms with Crippen molar-refractivity contribution in [2.75, 3.05) is 18.5 Å². The molecular weight excluding hydrogens is 272 g/mol. The summed E-state index contributed by atoms with van der Waals surface area (Å²) in [6.45, 7) is 10.5. The van der Waals surface area contributed by atoms with Crippen LogP contribution in [0, 0.1) is 6.57 Å². The molecule has 0 radical (unpaired) electrons. The Balaban J connectivity index is 2.88. The molecule has 0 aliphatic heterocycles. The summed E-state index contributed by atoms with van der Waals surface area (Å²) in [6.07, 6.45) is 1.24. The van der Waals surface area contributed by atoms with Crippen molar-refractivity contribution in [2.45, 2.75) is 13.8 Å². The van der Waals surface area contributed by atoms with Crippen molar-refractivity contribution >= 4 is 23.3 Å². The van der Waals surface area contributed by atoms with Gasteiger partial charge in [0.05, 0.1) is 19.8 Å². The van der Waals surface area contributed by atoms with Gasteiger partial charge in [0.25, 0.3) is 0 Å². The van der Waals surface area contributed by atoms with Crippen LogP contribution in [0.25, 0.3) is 4.85 Å². The van der Waals surface area contributed by atoms with Gasteiger partial charge < -0.3 is 14.8 Å². The van der Waals surface area contributed by atoms with Crippen molar-refractivity contribution in [3.8, 4) is 0 Å². The average molecular weight is 288 g/mol. The average Bonchev–Trinajstić information content (AvgIpc) is 2.48. The summed E-state index contributed by atoms with van der Waals surface area (Å²) in [4.78, 5) is 26.7. The van der Waals surface area contributed by atoms with Crippen molar-refractivity contribution in [2.24, 2.45) is 0 Å². The van der Waals surface area contributed by atoms with Crippen LogP contribution in [0.3, 0.4) is 0 Å². The molecule has 0 amide bonds. The fraction of sp³-hybridized carbons (Fsp3) is 0.267. The third kappa shape index (κ3) is 4.99. The first-order valence-electron chi connectivity index (χ1n) is 6.40. The summed E-state index contributed by atoms with van der Waals surface area (Å²) in [7, 11) is 0. The van der Waals surface area contributed by atoms with Crippen molar-refractivity contribution in [3.05, 3.63) is 47.5 Å². The molecule has 0 unspecified atom stereocenters. The lowest BCUT2D eigenvalue weighted by Crippen LogP contribution is -2.19. The molecule has 1 aromatic carbocycles. The minimum absolute atomic E-state index is 0.162. The topological polar surface area (TPSA) is 69.0 Å². The Morgan fingerprint density at radius 2 is 1.67 bits per heavy atom. The largest absolute Gasteiger partial charge is 0.462 e. The molecule has 110 valence electrons. The second-order valence-corrected chi connectivity index (χ2v) is 3.80. The minimum Gasteiger partial charge on any atom is -0.462 e. The molecule has 0 saturated carbocycles. The molecule has 0 aliphatic carbocycles. The number of nitrogens with zero attached hydrogens (tertiary/aromatic N) is 1. The number of esters is 2. The first-order valence-corrected chi connectivity index (χ1v) is 6.40. The van der Waals surface area contributed by atoms with Gasteiger partial charge in [0.15, 0.2) is 11.3 Å². The molecule has 21 heavy (non-hydrogen) atoms. The lowest BCUT2D eigenvalue weighted by Gasteiger charge is -2.07. The van der Waals surface area contributed by atoms with E-state index >= 15 is 0 Å². The lowest BCUT2D eigenvalue weighted by molar-refractivity contribution is -0.146. The van der Waals surface area contributed by atoms with Crippen molar-refractivity contribution in [1.29, 1.82) is 0 Å². The van der Waals surface area contributed by atoms with E-state index in [4.69, 9.17) is 16.0 Å². The molecule has 6 heteroatoms. The Morgan fingerprint density at radius 3 is 2.10 bits per heavy atom. The first kappa shape index (κ1) is 16.2. The highest BCUT2D eigenvalue weighted by Gasteiger charge is 2.20. The summed E-state index contributed by atoms with van der Waals surface area (Å²) in [5, 5.41) is 2.81. The van der Waals surface area contributed by atoms with Gasteiger partial charge in [0.2, 0.25) is 0 Å². The van der Waals surface area contributed by atoms with E-state index in [9.17, 15) is 9.59 Å². The van der Waals surface area contributed by atoms with Crippen LogP contribution < -0.4 is 5.32 Å². The predicted molar refractivity (Wildman–Crippen MR) is 77.7 cm³/mol. The molecule has 1 rings (SSSR count). The molecule has 0 aromatic heterocycles. The van der Waals surface area contributed by atoms with E-state index < -0.39 is 11.9 Å². The number of benzene rings is 1. The molecule has 0 aliphatic rings. The van der Waals surface area contributed by atoms with Gasteiger partial charge >= 0.3 is 11.9 Å². The zero-order valence-electron chi connectivity index (χ0n) is 11.9. The van der Waals surface area contributed by atoms with E-state index in [1.165, 1.54) is 6.20 Å². The SMILES string of the molecule is [C-]#[N+]c1ccc(NC=C(C(=O)OCC)C(=O)OCC)cc1. The summed E-state index contributed by atoms with van der Waals surface area (Å²) >= 11 is 0. The second-order valence-electron chi connectivity index (χ2n) is 3.80. The Labute approximate surface area is 123 Å². The van der Waals surface area contributed by atoms with Crippen LogP contribution in [0.5, 0.6) is 0 Å². The zero-order valence-corrected chi connectivity index (χ0v) is 11.9. The lowest BCUT2D eigenvalue weighted by atomic mass is 10.2. The molecule has 1 aromatic rings. The maximum Gasteiger partial charge on any atom is 0.347 e. The van der Waals surface area contributed by atoms with Crippen molar-refractivity contribution < 1.29 is 19.1 Å². The Bertz CT molecular complexity index is 550. The summed E-state index contributed by atoms with van der Waals surface area (Å²) in [6, 6.07) is 6.57. The normalized spacial score (nSPS) is 9.19. The van der Waals surface area contributed by atoms with E-state index in [0.29, 0.717) is 11.4 Å². The van der Waals surface area contributed by atoms with Gasteiger partial charge in [-0.05, 0) is 26.0 Å². The van der Waals surface area contributed by atoms with E-state index in [-0.39, 0.29) is 18.8 Å². The van der Waals surface area contributed by atoms with E-state index in [1.807, 2.05) is 0 Å². The summed E-state index contributed by atoms with van der Waals surface area (Å²) in [5.74, 6) is -1.50. The highest BCUT2D eigenvalue weighted by Crippen LogP contribution is 2.16. The monoisotopic (exact) mass is 288 g/mol. The second kappa shape index (κ2) is 8.38. The molecule has 0 atom stereocenters. The molecule has 1 N–H and O–H groups in total. The quantitative estimate of drug-likeness (QED) is 0.286. The molecular formula is C15H16N2O4. The Morgan fingerprint density at radius 1 is 1.14 bits per heavy atom. The van der Waals surface area contributed by atoms with Gasteiger partial charge in [-0.3, -0.25) is 0 Å². The van der Waals surface area contributed by atoms with Gasteiger partial charge in [0, 0.05) is 11.9 Å². The number of nitrogens with one attached hydrogen (secondary N) is 1. The van der Waals surface area contributed by atoms with Gasteiger partial charge in [0.1, 0.15) is 0 Å². The van der Waals surface area contributed by atoms with E-state index in [0.717, 1.165) is 0 Å². The van der Waals surface area contributed by atoms with Crippen LogP contribution >= 0.6 is 0 Å². The van der Waals surface area contributed by atoms with Crippen LogP contribution in [0.4, 0.5) is 11.4 Å². The number of carbonyl (C=O) groups excluding carboxylic acids is 2. The van der Waals surface area contributed by atoms with E-state index in [1.54, 1.807) is 38.1 Å². The smallest absolute Gasteiger partial charge is 0.347 e. The van der Waals surface area contributed by atoms with Gasteiger partial charge in [-0.2, -0.15) is 0 Å². The number of rotatable bonds is 6. The standard InChI is InChI=1S/C15H16N2O4/c1-4-20-14(18)13(15(19)21-5-2)10-17-12-8-6-11(16-3)7-9-12/h6-10,17H,4-5H2,1-2H3. The summed E-state index contributed by atoms with van der Waals surface area (Å²) in [5.41, 5.74) is 0.919. The van der Waals surface area contributed by atoms with Crippen molar-refractivity contribution in [3.63, 3.8) is 0 Å². The molecule has 6 nitrogen and oxygen atoms in total. The van der Waals surface area contributed by atoms with Gasteiger partial charge in [-0.1, -0.05) is 12.1 Å². The highest BCUT2D eigenvalue weighted by molar-refractivity contribution is 6.14. The third-order valence-corrected chi connectivity index (χ3v) is 2.37. The number of anilines is 1. The van der Waals surface area contributed by atoms with Crippen molar-refractivity contribution in [1.82, 2.24) is 0 Å². The minimum atomic E-state index is -0.749. The number of hydrogen-bond acceptors (Lipinski definition) is 5. The Hall–Kier alpha value is -2.81. The molecule has 0 fully saturated rings. The van der Waals surface area contributed by atoms with Gasteiger partial charge in [-0.25, -0.2) is 14.4 Å². The predicted octanol–water partition coefficient (Wildman–Crippen LogP) is 2.66. The maximum absolute atomic E-state index is 11.7. The van der Waals surface area contributed by atoms with Crippen LogP contribution in [0.15, 0.2) is 36.0 Å². The number of hydrogen-bond donors (Lipinski definition) is 1.